The smallest absolute Gasteiger partial charge is 0.231 e. The zero-order chi connectivity index (χ0) is 14.7. The average molecular weight is 280 g/mol. The fourth-order valence-corrected chi connectivity index (χ4v) is 2.19. The number of nitrogens with two attached hydrogens (primary N) is 1. The van der Waals surface area contributed by atoms with E-state index >= 15 is 0 Å². The van der Waals surface area contributed by atoms with Crippen molar-refractivity contribution in [3.8, 4) is 11.5 Å². The molecule has 3 rings (SSSR count). The van der Waals surface area contributed by atoms with Gasteiger partial charge in [0, 0.05) is 12.2 Å². The number of benzene rings is 1. The molecule has 2 heterocycles. The number of hydrogen-bond acceptors (Lipinski definition) is 5. The second-order valence-electron chi connectivity index (χ2n) is 4.83. The number of rotatable bonds is 4. The molecule has 0 fully saturated rings. The van der Waals surface area contributed by atoms with Crippen molar-refractivity contribution in [2.75, 3.05) is 0 Å². The van der Waals surface area contributed by atoms with Crippen LogP contribution in [0.3, 0.4) is 0 Å². The van der Waals surface area contributed by atoms with Gasteiger partial charge in [-0.05, 0) is 30.2 Å². The molecule has 3 aromatic rings. The summed E-state index contributed by atoms with van der Waals surface area (Å²) in [6.07, 6.45) is 0.576. The molecule has 0 spiro atoms. The van der Waals surface area contributed by atoms with Crippen LogP contribution in [0.5, 0.6) is 0 Å². The summed E-state index contributed by atoms with van der Waals surface area (Å²) in [5.41, 5.74) is 9.58. The van der Waals surface area contributed by atoms with Crippen LogP contribution in [0.1, 0.15) is 22.7 Å². The predicted octanol–water partition coefficient (Wildman–Crippen LogP) is 2.49. The molecule has 0 saturated heterocycles. The van der Waals surface area contributed by atoms with Crippen molar-refractivity contribution in [2.24, 2.45) is 5.73 Å². The Bertz CT molecular complexity index is 751. The Morgan fingerprint density at radius 2 is 1.81 bits per heavy atom. The molecule has 0 amide bonds. The average Bonchev–Trinajstić information content (AvgIpc) is 2.96. The minimum Gasteiger partial charge on any atom is -0.339 e. The Morgan fingerprint density at radius 1 is 1.00 bits per heavy atom. The van der Waals surface area contributed by atoms with E-state index in [9.17, 15) is 0 Å². The third kappa shape index (κ3) is 2.98. The molecule has 0 aliphatic rings. The van der Waals surface area contributed by atoms with Crippen LogP contribution < -0.4 is 5.73 Å². The van der Waals surface area contributed by atoms with E-state index in [1.807, 2.05) is 49.4 Å². The van der Waals surface area contributed by atoms with E-state index in [1.165, 1.54) is 0 Å². The number of pyridine rings is 1. The maximum Gasteiger partial charge on any atom is 0.231 e. The Balaban J connectivity index is 1.85. The van der Waals surface area contributed by atoms with E-state index in [2.05, 4.69) is 15.1 Å². The number of aromatic nitrogens is 3. The third-order valence-corrected chi connectivity index (χ3v) is 3.27. The van der Waals surface area contributed by atoms with E-state index in [-0.39, 0.29) is 0 Å². The second kappa shape index (κ2) is 5.85. The van der Waals surface area contributed by atoms with Crippen molar-refractivity contribution in [1.82, 2.24) is 15.1 Å². The summed E-state index contributed by atoms with van der Waals surface area (Å²) in [5, 5.41) is 4.00. The van der Waals surface area contributed by atoms with Crippen LogP contribution in [-0.4, -0.2) is 15.1 Å². The van der Waals surface area contributed by atoms with Gasteiger partial charge in [0.05, 0.1) is 6.42 Å². The molecular formula is C16H16N4O. The molecule has 1 aromatic carbocycles. The Hall–Kier alpha value is -2.53. The first-order valence-corrected chi connectivity index (χ1v) is 6.80. The molecule has 0 saturated carbocycles. The number of aryl methyl sites for hydroxylation is 1. The fraction of sp³-hybridized carbons (Fsp3) is 0.188. The topological polar surface area (TPSA) is 77.8 Å². The molecular weight excluding hydrogens is 264 g/mol. The van der Waals surface area contributed by atoms with E-state index in [0.717, 1.165) is 22.5 Å². The summed E-state index contributed by atoms with van der Waals surface area (Å²) in [6.45, 7) is 2.43. The van der Waals surface area contributed by atoms with Gasteiger partial charge in [0.25, 0.3) is 0 Å². The van der Waals surface area contributed by atoms with Crippen molar-refractivity contribution in [3.63, 3.8) is 0 Å². The van der Waals surface area contributed by atoms with Gasteiger partial charge in [-0.15, -0.1) is 0 Å². The predicted molar refractivity (Wildman–Crippen MR) is 79.4 cm³/mol. The molecule has 0 aliphatic carbocycles. The lowest BCUT2D eigenvalue weighted by Gasteiger charge is -2.03. The van der Waals surface area contributed by atoms with Crippen LogP contribution >= 0.6 is 0 Å². The standard InChI is InChI=1S/C16H16N4O/c1-11-5-4-8-14(18-11)16-19-15(21-20-16)9-12-6-2-3-7-13(12)10-17/h2-8H,9-10,17H2,1H3. The molecule has 2 N–H and O–H groups in total. The fourth-order valence-electron chi connectivity index (χ4n) is 2.19. The minimum atomic E-state index is 0.497. The summed E-state index contributed by atoms with van der Waals surface area (Å²) >= 11 is 0. The quantitative estimate of drug-likeness (QED) is 0.794. The van der Waals surface area contributed by atoms with E-state index in [1.54, 1.807) is 0 Å². The molecule has 5 nitrogen and oxygen atoms in total. The molecule has 0 bridgehead atoms. The van der Waals surface area contributed by atoms with Crippen molar-refractivity contribution >= 4 is 0 Å². The zero-order valence-corrected chi connectivity index (χ0v) is 11.8. The van der Waals surface area contributed by atoms with Crippen molar-refractivity contribution in [3.05, 3.63) is 65.2 Å². The van der Waals surface area contributed by atoms with E-state index < -0.39 is 0 Å². The van der Waals surface area contributed by atoms with Crippen LogP contribution in [0, 0.1) is 6.92 Å². The molecule has 21 heavy (non-hydrogen) atoms. The third-order valence-electron chi connectivity index (χ3n) is 3.27. The summed E-state index contributed by atoms with van der Waals surface area (Å²) in [5.74, 6) is 1.08. The lowest BCUT2D eigenvalue weighted by atomic mass is 10.0. The van der Waals surface area contributed by atoms with Crippen molar-refractivity contribution in [1.29, 1.82) is 0 Å². The highest BCUT2D eigenvalue weighted by atomic mass is 16.5. The summed E-state index contributed by atoms with van der Waals surface area (Å²) in [7, 11) is 0. The Labute approximate surface area is 122 Å². The van der Waals surface area contributed by atoms with Gasteiger partial charge >= 0.3 is 0 Å². The monoisotopic (exact) mass is 280 g/mol. The first-order chi connectivity index (χ1) is 10.3. The minimum absolute atomic E-state index is 0.497. The van der Waals surface area contributed by atoms with Gasteiger partial charge in [-0.1, -0.05) is 35.5 Å². The van der Waals surface area contributed by atoms with Gasteiger partial charge in [-0.3, -0.25) is 0 Å². The van der Waals surface area contributed by atoms with Gasteiger partial charge in [0.15, 0.2) is 0 Å². The van der Waals surface area contributed by atoms with Crippen molar-refractivity contribution < 1.29 is 4.52 Å². The van der Waals surface area contributed by atoms with Crippen LogP contribution in [0.4, 0.5) is 0 Å². The first-order valence-electron chi connectivity index (χ1n) is 6.80. The van der Waals surface area contributed by atoms with Gasteiger partial charge in [0.1, 0.15) is 5.69 Å². The van der Waals surface area contributed by atoms with Crippen LogP contribution in [0.25, 0.3) is 11.5 Å². The lowest BCUT2D eigenvalue weighted by molar-refractivity contribution is 0.385. The summed E-state index contributed by atoms with van der Waals surface area (Å²) in [4.78, 5) is 8.80. The summed E-state index contributed by atoms with van der Waals surface area (Å²) in [6, 6.07) is 13.7. The Kier molecular flexibility index (Phi) is 3.75. The SMILES string of the molecule is Cc1cccc(-c2noc(Cc3ccccc3CN)n2)n1. The molecule has 2 aromatic heterocycles. The highest BCUT2D eigenvalue weighted by Crippen LogP contribution is 2.17. The van der Waals surface area contributed by atoms with Gasteiger partial charge < -0.3 is 10.3 Å². The van der Waals surface area contributed by atoms with Gasteiger partial charge in [0.2, 0.25) is 11.7 Å². The lowest BCUT2D eigenvalue weighted by Crippen LogP contribution is -2.02. The second-order valence-corrected chi connectivity index (χ2v) is 4.83. The highest BCUT2D eigenvalue weighted by Gasteiger charge is 2.11. The Morgan fingerprint density at radius 3 is 2.57 bits per heavy atom. The van der Waals surface area contributed by atoms with Crippen LogP contribution in [0.15, 0.2) is 47.0 Å². The zero-order valence-electron chi connectivity index (χ0n) is 11.8. The molecule has 0 radical (unpaired) electrons. The molecule has 106 valence electrons. The summed E-state index contributed by atoms with van der Waals surface area (Å²) < 4.78 is 5.32. The number of hydrogen-bond donors (Lipinski definition) is 1. The van der Waals surface area contributed by atoms with Gasteiger partial charge in [-0.2, -0.15) is 4.98 Å². The largest absolute Gasteiger partial charge is 0.339 e. The highest BCUT2D eigenvalue weighted by molar-refractivity contribution is 5.48. The van der Waals surface area contributed by atoms with E-state index in [4.69, 9.17) is 10.3 Å². The maximum atomic E-state index is 5.74. The maximum absolute atomic E-state index is 5.74. The molecule has 0 unspecified atom stereocenters. The van der Waals surface area contributed by atoms with Crippen LogP contribution in [-0.2, 0) is 13.0 Å². The van der Waals surface area contributed by atoms with Crippen LogP contribution in [0.2, 0.25) is 0 Å². The van der Waals surface area contributed by atoms with E-state index in [0.29, 0.717) is 24.7 Å². The first kappa shape index (κ1) is 13.5. The molecule has 0 atom stereocenters. The van der Waals surface area contributed by atoms with Crippen molar-refractivity contribution in [2.45, 2.75) is 19.9 Å². The molecule has 0 aliphatic heterocycles. The number of nitrogens with zero attached hydrogens (tertiary/aromatic N) is 3. The normalized spacial score (nSPS) is 10.8. The van der Waals surface area contributed by atoms with Gasteiger partial charge in [-0.25, -0.2) is 4.98 Å². The molecule has 5 heteroatoms.